The van der Waals surface area contributed by atoms with E-state index in [4.69, 9.17) is 4.74 Å². The first-order valence-corrected chi connectivity index (χ1v) is 4.03. The van der Waals surface area contributed by atoms with Crippen LogP contribution in [0.1, 0.15) is 27.7 Å². The van der Waals surface area contributed by atoms with Crippen LogP contribution in [0.5, 0.6) is 0 Å². The molecular formula is C8H17NO2. The second-order valence-electron chi connectivity index (χ2n) is 4.51. The Bertz CT molecular complexity index is 138. The summed E-state index contributed by atoms with van der Waals surface area (Å²) in [7, 11) is 0. The van der Waals surface area contributed by atoms with E-state index in [-0.39, 0.29) is 11.2 Å². The van der Waals surface area contributed by atoms with E-state index in [1.54, 1.807) is 0 Å². The zero-order valence-electron chi connectivity index (χ0n) is 7.73. The number of rotatable bonds is 0. The number of nitrogens with one attached hydrogen (secondary N) is 1. The summed E-state index contributed by atoms with van der Waals surface area (Å²) >= 11 is 0. The van der Waals surface area contributed by atoms with Gasteiger partial charge in [0, 0.05) is 0 Å². The number of hydroxylamine groups is 2. The molecule has 1 saturated heterocycles. The maximum absolute atomic E-state index is 11.2. The Balaban J connectivity index is 2.66. The van der Waals surface area contributed by atoms with Gasteiger partial charge in [-0.2, -0.15) is 0 Å². The Morgan fingerprint density at radius 2 is 1.45 bits per heavy atom. The zero-order valence-corrected chi connectivity index (χ0v) is 7.73. The first-order chi connectivity index (χ1) is 4.81. The summed E-state index contributed by atoms with van der Waals surface area (Å²) in [5, 5.41) is 11.5. The quantitative estimate of drug-likeness (QED) is 0.503. The van der Waals surface area contributed by atoms with Gasteiger partial charge in [-0.05, 0) is 27.7 Å². The van der Waals surface area contributed by atoms with Crippen molar-refractivity contribution in [2.45, 2.75) is 38.9 Å². The van der Waals surface area contributed by atoms with Crippen molar-refractivity contribution in [1.29, 1.82) is 0 Å². The molecular weight excluding hydrogens is 142 g/mol. The van der Waals surface area contributed by atoms with Gasteiger partial charge in [0.1, 0.15) is 24.3 Å². The lowest BCUT2D eigenvalue weighted by atomic mass is 10.0. The van der Waals surface area contributed by atoms with E-state index >= 15 is 0 Å². The van der Waals surface area contributed by atoms with E-state index < -0.39 is 0 Å². The average Bonchev–Trinajstić information content (AvgIpc) is 1.49. The van der Waals surface area contributed by atoms with Crippen LogP contribution in [0.3, 0.4) is 0 Å². The van der Waals surface area contributed by atoms with Crippen molar-refractivity contribution < 1.29 is 9.80 Å². The molecule has 0 unspecified atom stereocenters. The van der Waals surface area contributed by atoms with E-state index in [1.807, 2.05) is 27.7 Å². The molecule has 0 aromatic rings. The predicted octanol–water partition coefficient (Wildman–Crippen LogP) is -0.0435. The highest BCUT2D eigenvalue weighted by Crippen LogP contribution is 2.20. The van der Waals surface area contributed by atoms with Crippen LogP contribution >= 0.6 is 0 Å². The lowest BCUT2D eigenvalue weighted by Crippen LogP contribution is -3.13. The molecule has 66 valence electrons. The molecule has 1 N–H and O–H groups in total. The number of quaternary nitrogens is 1. The van der Waals surface area contributed by atoms with Gasteiger partial charge in [-0.3, -0.25) is 0 Å². The molecule has 0 aromatic carbocycles. The standard InChI is InChI=1S/C8H17NO2/c1-7(2)5-9(10)6-8(3,4)11-7/h9H,5-6H2,1-4H3. The normalized spacial score (nSPS) is 30.3. The summed E-state index contributed by atoms with van der Waals surface area (Å²) in [4.78, 5) is 0. The fraction of sp³-hybridized carbons (Fsp3) is 1.00. The van der Waals surface area contributed by atoms with Gasteiger partial charge in [-0.1, -0.05) is 0 Å². The van der Waals surface area contributed by atoms with Crippen molar-refractivity contribution in [3.63, 3.8) is 0 Å². The van der Waals surface area contributed by atoms with Gasteiger partial charge < -0.3 is 15.0 Å². The minimum atomic E-state index is -0.265. The van der Waals surface area contributed by atoms with Crippen LogP contribution in [0.15, 0.2) is 0 Å². The smallest absolute Gasteiger partial charge is 0.112 e. The van der Waals surface area contributed by atoms with E-state index in [0.717, 1.165) is 0 Å². The van der Waals surface area contributed by atoms with Crippen molar-refractivity contribution in [2.24, 2.45) is 0 Å². The van der Waals surface area contributed by atoms with Crippen LogP contribution in [0.25, 0.3) is 0 Å². The highest BCUT2D eigenvalue weighted by molar-refractivity contribution is 4.80. The number of morpholine rings is 1. The van der Waals surface area contributed by atoms with Crippen LogP contribution in [-0.4, -0.2) is 24.3 Å². The van der Waals surface area contributed by atoms with Crippen molar-refractivity contribution >= 4 is 0 Å². The molecule has 0 saturated carbocycles. The minimum absolute atomic E-state index is 0.265. The SMILES string of the molecule is CC1(C)C[NH+]([O-])CC(C)(C)O1. The first kappa shape index (κ1) is 8.97. The van der Waals surface area contributed by atoms with Gasteiger partial charge >= 0.3 is 0 Å². The molecule has 1 fully saturated rings. The molecule has 0 spiro atoms. The highest BCUT2D eigenvalue weighted by atomic mass is 16.6. The van der Waals surface area contributed by atoms with Gasteiger partial charge in [0.25, 0.3) is 0 Å². The summed E-state index contributed by atoms with van der Waals surface area (Å²) in [5.41, 5.74) is -0.530. The second-order valence-corrected chi connectivity index (χ2v) is 4.51. The van der Waals surface area contributed by atoms with E-state index in [0.29, 0.717) is 18.2 Å². The van der Waals surface area contributed by atoms with Crippen molar-refractivity contribution in [3.8, 4) is 0 Å². The fourth-order valence-electron chi connectivity index (χ4n) is 1.83. The van der Waals surface area contributed by atoms with Gasteiger partial charge in [-0.15, -0.1) is 0 Å². The third-order valence-corrected chi connectivity index (χ3v) is 1.80. The monoisotopic (exact) mass is 159 g/mol. The largest absolute Gasteiger partial charge is 0.634 e. The Kier molecular flexibility index (Phi) is 1.99. The van der Waals surface area contributed by atoms with Crippen LogP contribution in [0.4, 0.5) is 0 Å². The Morgan fingerprint density at radius 3 is 1.73 bits per heavy atom. The molecule has 11 heavy (non-hydrogen) atoms. The first-order valence-electron chi connectivity index (χ1n) is 4.03. The molecule has 0 aliphatic carbocycles. The summed E-state index contributed by atoms with van der Waals surface area (Å²) < 4.78 is 5.71. The molecule has 0 amide bonds. The van der Waals surface area contributed by atoms with Crippen LogP contribution in [0.2, 0.25) is 0 Å². The van der Waals surface area contributed by atoms with Crippen LogP contribution in [0, 0.1) is 5.21 Å². The molecule has 3 heteroatoms. The maximum Gasteiger partial charge on any atom is 0.112 e. The van der Waals surface area contributed by atoms with Crippen LogP contribution in [-0.2, 0) is 4.74 Å². The van der Waals surface area contributed by atoms with Gasteiger partial charge in [0.05, 0.1) is 0 Å². The van der Waals surface area contributed by atoms with E-state index in [2.05, 4.69) is 0 Å². The number of ether oxygens (including phenoxy) is 1. The third kappa shape index (κ3) is 2.43. The minimum Gasteiger partial charge on any atom is -0.634 e. The predicted molar refractivity (Wildman–Crippen MR) is 43.3 cm³/mol. The third-order valence-electron chi connectivity index (χ3n) is 1.80. The Labute approximate surface area is 67.9 Å². The van der Waals surface area contributed by atoms with Gasteiger partial charge in [0.2, 0.25) is 0 Å². The lowest BCUT2D eigenvalue weighted by Gasteiger charge is -2.45. The van der Waals surface area contributed by atoms with Crippen molar-refractivity contribution in [2.75, 3.05) is 13.1 Å². The molecule has 0 bridgehead atoms. The van der Waals surface area contributed by atoms with Gasteiger partial charge in [0.15, 0.2) is 0 Å². The maximum atomic E-state index is 11.2. The molecule has 0 radical (unpaired) electrons. The van der Waals surface area contributed by atoms with Crippen molar-refractivity contribution in [1.82, 2.24) is 0 Å². The van der Waals surface area contributed by atoms with E-state index in [9.17, 15) is 5.21 Å². The number of hydrogen-bond donors (Lipinski definition) is 1. The molecule has 0 aromatic heterocycles. The summed E-state index contributed by atoms with van der Waals surface area (Å²) in [6.45, 7) is 8.96. The molecule has 1 heterocycles. The summed E-state index contributed by atoms with van der Waals surface area (Å²) in [6.07, 6.45) is 0. The fourth-order valence-corrected chi connectivity index (χ4v) is 1.83. The molecule has 3 nitrogen and oxygen atoms in total. The average molecular weight is 159 g/mol. The van der Waals surface area contributed by atoms with Crippen molar-refractivity contribution in [3.05, 3.63) is 5.21 Å². The second kappa shape index (κ2) is 2.44. The van der Waals surface area contributed by atoms with E-state index in [1.165, 1.54) is 0 Å². The summed E-state index contributed by atoms with van der Waals surface area (Å²) in [6, 6.07) is 0. The zero-order chi connectivity index (χ0) is 8.70. The Morgan fingerprint density at radius 1 is 1.09 bits per heavy atom. The molecule has 1 aliphatic rings. The molecule has 0 atom stereocenters. The lowest BCUT2D eigenvalue weighted by molar-refractivity contribution is -0.875. The molecule has 1 aliphatic heterocycles. The van der Waals surface area contributed by atoms with Crippen LogP contribution < -0.4 is 5.06 Å². The molecule has 1 rings (SSSR count). The van der Waals surface area contributed by atoms with Gasteiger partial charge in [-0.25, -0.2) is 0 Å². The number of hydrogen-bond acceptors (Lipinski definition) is 2. The Hall–Kier alpha value is -0.120. The highest BCUT2D eigenvalue weighted by Gasteiger charge is 2.38. The summed E-state index contributed by atoms with van der Waals surface area (Å²) in [5.74, 6) is 0. The topological polar surface area (TPSA) is 36.7 Å².